The highest BCUT2D eigenvalue weighted by Crippen LogP contribution is 2.51. The van der Waals surface area contributed by atoms with Crippen LogP contribution in [0.25, 0.3) is 43.2 Å². The average Bonchev–Trinajstić information content (AvgIpc) is 4.08. The number of thiophene rings is 4. The normalized spacial score (nSPS) is 17.3. The van der Waals surface area contributed by atoms with Gasteiger partial charge in [-0.05, 0) is 78.2 Å². The molecule has 0 radical (unpaired) electrons. The van der Waals surface area contributed by atoms with E-state index in [2.05, 4.69) is 90.2 Å². The van der Waals surface area contributed by atoms with E-state index in [1.165, 1.54) is 15.1 Å². The zero-order valence-electron chi connectivity index (χ0n) is 38.1. The van der Waals surface area contributed by atoms with Gasteiger partial charge in [-0.15, -0.1) is 45.3 Å². The van der Waals surface area contributed by atoms with Crippen LogP contribution in [-0.4, -0.2) is 35.6 Å². The Morgan fingerprint density at radius 3 is 1.69 bits per heavy atom. The molecule has 0 fully saturated rings. The zero-order chi connectivity index (χ0) is 46.3. The fourth-order valence-corrected chi connectivity index (χ4v) is 13.5. The summed E-state index contributed by atoms with van der Waals surface area (Å²) in [4.78, 5) is 64.9. The largest absolute Gasteiger partial charge is 0.459 e. The van der Waals surface area contributed by atoms with Crippen LogP contribution in [0.3, 0.4) is 0 Å². The number of quaternary nitrogens is 2. The number of furan rings is 2. The van der Waals surface area contributed by atoms with E-state index in [-0.39, 0.29) is 50.9 Å². The molecule has 0 aromatic carbocycles. The van der Waals surface area contributed by atoms with Crippen LogP contribution in [0.1, 0.15) is 111 Å². The zero-order valence-corrected chi connectivity index (χ0v) is 41.4. The number of nitrogens with one attached hydrogen (secondary N) is 1. The van der Waals surface area contributed by atoms with Crippen molar-refractivity contribution in [2.24, 2.45) is 0 Å². The summed E-state index contributed by atoms with van der Waals surface area (Å²) in [5.41, 5.74) is 2.82. The summed E-state index contributed by atoms with van der Waals surface area (Å²) in [5.74, 6) is 1.33. The highest BCUT2D eigenvalue weighted by Gasteiger charge is 2.50. The standard InChI is InChI=1S/C51H48N4O6S4/c1-48(2,3)32-20-14-26(61-32)41-37-36(44(56)53-41)40(52-45(37)57)25-13-12-24(60-25)27-17-22-34(63-27)50(7,8)51(9,10)35-23-19-31(65-35)43-39-38(47(59)55(43)11)42(54-46(39)58)30-16-15-28(62-30)29-18-21-33(64-29)49(4,5)6/h12-23H,1-11H3,(H,52,57)(H,53,56)(H,54,58)/p+2. The highest BCUT2D eigenvalue weighted by molar-refractivity contribution is 7.22. The maximum absolute atomic E-state index is 14.0. The molecule has 4 aliphatic rings. The van der Waals surface area contributed by atoms with Crippen molar-refractivity contribution in [2.75, 3.05) is 7.05 Å². The second kappa shape index (κ2) is 14.8. The van der Waals surface area contributed by atoms with Crippen LogP contribution >= 0.6 is 45.3 Å². The third-order valence-electron chi connectivity index (χ3n) is 13.3. The number of carbonyl (C=O) groups is 4. The number of carbonyl (C=O) groups excluding carboxylic acids is 4. The van der Waals surface area contributed by atoms with E-state index in [9.17, 15) is 19.2 Å². The van der Waals surface area contributed by atoms with Crippen molar-refractivity contribution < 1.29 is 38.6 Å². The SMILES string of the molecule is CN1C(=O)C2=C(c3ccc(-c4ccc(C(C)(C)C)s4)s3)[NH2+]C(=O)C2=C1c1ccc(C(C)(C)C(C)(C)c2ccc(-c3ccc(C4=C5C(=O)NC(c6ccc(C(C)(C)C)o6)=C5C(=O)[NH2+]4)o3)s2)s1. The number of likely N-dealkylation sites (N-methyl/N-ethyl adjacent to an activating group) is 1. The molecule has 14 heteroatoms. The van der Waals surface area contributed by atoms with Crippen molar-refractivity contribution in [3.8, 4) is 20.4 Å². The van der Waals surface area contributed by atoms with Gasteiger partial charge in [0.15, 0.2) is 22.9 Å². The second-order valence-electron chi connectivity index (χ2n) is 20.1. The summed E-state index contributed by atoms with van der Waals surface area (Å²) in [5, 5.41) is 5.99. The maximum atomic E-state index is 14.0. The first-order valence-corrected chi connectivity index (χ1v) is 24.8. The number of nitrogens with two attached hydrogens (primary N) is 2. The van der Waals surface area contributed by atoms with Crippen molar-refractivity contribution in [1.29, 1.82) is 0 Å². The van der Waals surface area contributed by atoms with Crippen molar-refractivity contribution in [3.05, 3.63) is 137 Å². The Kier molecular flexibility index (Phi) is 9.86. The first-order chi connectivity index (χ1) is 30.5. The fourth-order valence-electron chi connectivity index (χ4n) is 8.75. The molecule has 332 valence electrons. The van der Waals surface area contributed by atoms with Crippen LogP contribution in [0.15, 0.2) is 104 Å². The Hall–Kier alpha value is -5.48. The predicted octanol–water partition coefficient (Wildman–Crippen LogP) is 9.36. The van der Waals surface area contributed by atoms with Gasteiger partial charge < -0.3 is 19.1 Å². The molecule has 10 heterocycles. The molecule has 0 atom stereocenters. The third-order valence-corrected chi connectivity index (χ3v) is 19.0. The Bertz CT molecular complexity index is 3200. The minimum absolute atomic E-state index is 0.0622. The molecule has 0 saturated carbocycles. The number of amides is 4. The molecule has 0 spiro atoms. The number of hydrogen-bond acceptors (Lipinski definition) is 10. The van der Waals surface area contributed by atoms with Gasteiger partial charge in [0.2, 0.25) is 0 Å². The summed E-state index contributed by atoms with van der Waals surface area (Å²) >= 11 is 6.66. The molecule has 0 saturated heterocycles. The third kappa shape index (κ3) is 6.82. The lowest BCUT2D eigenvalue weighted by molar-refractivity contribution is -0.467. The van der Waals surface area contributed by atoms with E-state index in [4.69, 9.17) is 8.83 Å². The van der Waals surface area contributed by atoms with E-state index in [1.807, 2.05) is 51.1 Å². The number of hydrogen-bond donors (Lipinski definition) is 3. The lowest BCUT2D eigenvalue weighted by atomic mass is 9.66. The number of fused-ring (bicyclic) bond motifs is 2. The van der Waals surface area contributed by atoms with Gasteiger partial charge in [-0.3, -0.25) is 9.59 Å². The Morgan fingerprint density at radius 2 is 1.03 bits per heavy atom. The summed E-state index contributed by atoms with van der Waals surface area (Å²) in [6.07, 6.45) is 0. The summed E-state index contributed by atoms with van der Waals surface area (Å²) in [7, 11) is 1.76. The van der Waals surface area contributed by atoms with Crippen LogP contribution in [0, 0.1) is 0 Å². The lowest BCUT2D eigenvalue weighted by Crippen LogP contribution is -2.83. The molecule has 6 aromatic heterocycles. The van der Waals surface area contributed by atoms with Gasteiger partial charge in [-0.2, -0.15) is 0 Å². The molecule has 6 aromatic rings. The number of primary amides is 2. The van der Waals surface area contributed by atoms with Gasteiger partial charge in [0.1, 0.15) is 39.5 Å². The molecule has 4 aliphatic heterocycles. The molecular weight excluding hydrogens is 893 g/mol. The van der Waals surface area contributed by atoms with E-state index in [0.29, 0.717) is 56.8 Å². The van der Waals surface area contributed by atoms with Gasteiger partial charge in [0.25, 0.3) is 11.8 Å². The van der Waals surface area contributed by atoms with Crippen LogP contribution < -0.4 is 16.0 Å². The van der Waals surface area contributed by atoms with Crippen molar-refractivity contribution in [3.63, 3.8) is 0 Å². The number of rotatable bonds is 9. The maximum Gasteiger partial charge on any atom is 0.351 e. The van der Waals surface area contributed by atoms with E-state index in [0.717, 1.165) is 35.0 Å². The quantitative estimate of drug-likeness (QED) is 0.132. The Labute approximate surface area is 393 Å². The van der Waals surface area contributed by atoms with Gasteiger partial charge in [0, 0.05) is 47.7 Å². The van der Waals surface area contributed by atoms with Gasteiger partial charge in [0.05, 0.1) is 20.3 Å². The lowest BCUT2D eigenvalue weighted by Gasteiger charge is -2.40. The molecule has 0 aliphatic carbocycles. The monoisotopic (exact) mass is 942 g/mol. The minimum atomic E-state index is -0.375. The van der Waals surface area contributed by atoms with Crippen LogP contribution in [0.4, 0.5) is 0 Å². The van der Waals surface area contributed by atoms with Gasteiger partial charge in [-0.25, -0.2) is 20.2 Å². The van der Waals surface area contributed by atoms with Crippen LogP contribution in [0.2, 0.25) is 0 Å². The van der Waals surface area contributed by atoms with Crippen LogP contribution in [0.5, 0.6) is 0 Å². The fraction of sp³-hybridized carbons (Fsp3) is 0.294. The molecular formula is C51H50N4O6S4+2. The molecule has 4 amide bonds. The second-order valence-corrected chi connectivity index (χ2v) is 24.5. The van der Waals surface area contributed by atoms with Crippen molar-refractivity contribution in [2.45, 2.75) is 90.9 Å². The molecule has 10 nitrogen and oxygen atoms in total. The van der Waals surface area contributed by atoms with Crippen molar-refractivity contribution >= 4 is 91.8 Å². The smallest absolute Gasteiger partial charge is 0.351 e. The Morgan fingerprint density at radius 1 is 0.492 bits per heavy atom. The molecule has 65 heavy (non-hydrogen) atoms. The summed E-state index contributed by atoms with van der Waals surface area (Å²) in [6.45, 7) is 21.7. The van der Waals surface area contributed by atoms with Crippen LogP contribution in [-0.2, 0) is 40.8 Å². The molecule has 0 bridgehead atoms. The molecule has 5 N–H and O–H groups in total. The van der Waals surface area contributed by atoms with E-state index < -0.39 is 0 Å². The molecule has 10 rings (SSSR count). The van der Waals surface area contributed by atoms with Crippen molar-refractivity contribution in [1.82, 2.24) is 10.2 Å². The van der Waals surface area contributed by atoms with E-state index >= 15 is 0 Å². The first kappa shape index (κ1) is 43.4. The van der Waals surface area contributed by atoms with Gasteiger partial charge in [-0.1, -0.05) is 69.2 Å². The number of nitrogens with zero attached hydrogens (tertiary/aromatic N) is 1. The summed E-state index contributed by atoms with van der Waals surface area (Å²) < 4.78 is 12.5. The Balaban J connectivity index is 0.910. The first-order valence-electron chi connectivity index (χ1n) is 21.5. The topological polar surface area (TPSA) is 143 Å². The average molecular weight is 943 g/mol. The summed E-state index contributed by atoms with van der Waals surface area (Å²) in [6, 6.07) is 24.2. The predicted molar refractivity (Wildman–Crippen MR) is 259 cm³/mol. The molecule has 0 unspecified atom stereocenters. The minimum Gasteiger partial charge on any atom is -0.459 e. The van der Waals surface area contributed by atoms with E-state index in [1.54, 1.807) is 68.7 Å². The highest BCUT2D eigenvalue weighted by atomic mass is 32.1. The van der Waals surface area contributed by atoms with Gasteiger partial charge >= 0.3 is 11.8 Å².